The van der Waals surface area contributed by atoms with Gasteiger partial charge in [0, 0.05) is 16.0 Å². The quantitative estimate of drug-likeness (QED) is 0.329. The number of thiazole rings is 1. The van der Waals surface area contributed by atoms with Crippen molar-refractivity contribution in [3.8, 4) is 5.75 Å². The molecule has 3 fully saturated rings. The number of carbonyl (C=O) groups is 3. The summed E-state index contributed by atoms with van der Waals surface area (Å²) < 4.78 is 6.07. The van der Waals surface area contributed by atoms with Gasteiger partial charge < -0.3 is 14.8 Å². The van der Waals surface area contributed by atoms with E-state index in [0.29, 0.717) is 6.61 Å². The van der Waals surface area contributed by atoms with E-state index in [9.17, 15) is 24.3 Å². The van der Waals surface area contributed by atoms with Crippen molar-refractivity contribution in [2.45, 2.75) is 62.5 Å². The van der Waals surface area contributed by atoms with Crippen LogP contribution in [0.4, 0.5) is 0 Å². The largest absolute Gasteiger partial charge is 0.489 e. The number of aromatic nitrogens is 1. The van der Waals surface area contributed by atoms with E-state index in [-0.39, 0.29) is 57.9 Å². The van der Waals surface area contributed by atoms with Gasteiger partial charge in [0.05, 0.1) is 16.9 Å². The molecule has 2 aromatic carbocycles. The van der Waals surface area contributed by atoms with Gasteiger partial charge in [0.25, 0.3) is 0 Å². The lowest BCUT2D eigenvalue weighted by molar-refractivity contribution is -0.156. The summed E-state index contributed by atoms with van der Waals surface area (Å²) >= 11 is 2.85. The van der Waals surface area contributed by atoms with E-state index in [1.807, 2.05) is 38.1 Å². The molecular weight excluding hydrogens is 585 g/mol. The number of nitrogens with zero attached hydrogens (tertiary/aromatic N) is 1. The van der Waals surface area contributed by atoms with Gasteiger partial charge in [-0.25, -0.2) is 4.79 Å². The van der Waals surface area contributed by atoms with Gasteiger partial charge in [-0.05, 0) is 66.7 Å². The van der Waals surface area contributed by atoms with Crippen LogP contribution in [0, 0.1) is 42.4 Å². The molecule has 7 rings (SSSR count). The molecule has 4 aliphatic rings. The molecule has 8 nitrogen and oxygen atoms in total. The van der Waals surface area contributed by atoms with Gasteiger partial charge in [0.15, 0.2) is 0 Å². The van der Waals surface area contributed by atoms with Crippen molar-refractivity contribution in [1.82, 2.24) is 9.88 Å². The SMILES string of the molecule is Cc1cccc(COc2ccc([C@H]3c4sc(=O)[nH]c4SC4C5CC(C6C(=O)N(C(CC(C)C)C(=O)O)C(=O)C56)C43)cc2)c1. The topological polar surface area (TPSA) is 117 Å². The lowest BCUT2D eigenvalue weighted by Crippen LogP contribution is -2.47. The van der Waals surface area contributed by atoms with E-state index in [1.54, 1.807) is 11.8 Å². The fourth-order valence-corrected chi connectivity index (χ4v) is 11.1. The summed E-state index contributed by atoms with van der Waals surface area (Å²) in [5, 5.41) is 10.9. The Hall–Kier alpha value is -3.37. The fourth-order valence-electron chi connectivity index (χ4n) is 8.22. The van der Waals surface area contributed by atoms with Crippen molar-refractivity contribution in [1.29, 1.82) is 0 Å². The number of carbonyl (C=O) groups excluding carboxylic acids is 2. The Balaban J connectivity index is 1.20. The van der Waals surface area contributed by atoms with Crippen LogP contribution in [0.2, 0.25) is 0 Å². The van der Waals surface area contributed by atoms with Crippen molar-refractivity contribution >= 4 is 40.9 Å². The first-order valence-electron chi connectivity index (χ1n) is 14.9. The highest BCUT2D eigenvalue weighted by Crippen LogP contribution is 2.68. The van der Waals surface area contributed by atoms with Gasteiger partial charge >= 0.3 is 10.8 Å². The third kappa shape index (κ3) is 4.65. The molecule has 3 heterocycles. The molecule has 0 spiro atoms. The molecule has 2 aliphatic heterocycles. The molecule has 7 unspecified atom stereocenters. The number of carboxylic acids is 1. The number of benzene rings is 2. The second-order valence-corrected chi connectivity index (χ2v) is 15.0. The predicted octanol–water partition coefficient (Wildman–Crippen LogP) is 5.30. The molecule has 2 N–H and O–H groups in total. The zero-order valence-corrected chi connectivity index (χ0v) is 25.8. The number of carboxylic acid groups (broad SMARTS) is 1. The minimum atomic E-state index is -1.14. The van der Waals surface area contributed by atoms with Crippen LogP contribution in [0.5, 0.6) is 5.75 Å². The third-order valence-corrected chi connectivity index (χ3v) is 12.4. The fraction of sp³-hybridized carbons (Fsp3) is 0.455. The Morgan fingerprint density at radius 2 is 1.79 bits per heavy atom. The monoisotopic (exact) mass is 618 g/mol. The number of hydrogen-bond donors (Lipinski definition) is 2. The molecule has 8 atom stereocenters. The predicted molar refractivity (Wildman–Crippen MR) is 163 cm³/mol. The highest BCUT2D eigenvalue weighted by atomic mass is 32.2. The summed E-state index contributed by atoms with van der Waals surface area (Å²) in [6.45, 7) is 6.32. The summed E-state index contributed by atoms with van der Waals surface area (Å²) in [4.78, 5) is 57.4. The lowest BCUT2D eigenvalue weighted by atomic mass is 9.68. The highest BCUT2D eigenvalue weighted by molar-refractivity contribution is 8.00. The number of aliphatic carboxylic acids is 1. The summed E-state index contributed by atoms with van der Waals surface area (Å²) in [5.74, 6) is -2.17. The molecule has 2 bridgehead atoms. The Morgan fingerprint density at radius 1 is 1.07 bits per heavy atom. The van der Waals surface area contributed by atoms with Crippen molar-refractivity contribution in [2.75, 3.05) is 0 Å². The van der Waals surface area contributed by atoms with Gasteiger partial charge in [0.2, 0.25) is 11.8 Å². The zero-order chi connectivity index (χ0) is 30.2. The van der Waals surface area contributed by atoms with Crippen molar-refractivity contribution in [2.24, 2.45) is 35.5 Å². The highest BCUT2D eigenvalue weighted by Gasteiger charge is 2.70. The molecule has 1 saturated heterocycles. The molecule has 2 aliphatic carbocycles. The molecular formula is C33H34N2O6S2. The van der Waals surface area contributed by atoms with Crippen molar-refractivity contribution in [3.63, 3.8) is 0 Å². The zero-order valence-electron chi connectivity index (χ0n) is 24.2. The van der Waals surface area contributed by atoms with Crippen LogP contribution in [0.25, 0.3) is 0 Å². The summed E-state index contributed by atoms with van der Waals surface area (Å²) in [7, 11) is 0. The van der Waals surface area contributed by atoms with Crippen LogP contribution in [-0.4, -0.2) is 44.1 Å². The van der Waals surface area contributed by atoms with Gasteiger partial charge in [-0.15, -0.1) is 11.8 Å². The number of imide groups is 1. The maximum Gasteiger partial charge on any atom is 0.326 e. The standard InChI is InChI=1S/C33H34N2O6S2/c1-15(2)11-22(32(38)39)35-30(36)25-20-13-21(26(25)31(35)37)27-24(20)23(28-29(42-27)34-33(40)43-28)18-7-9-19(10-8-18)41-14-17-6-4-5-16(3)12-17/h4-10,12,15,20-27H,11,13-14H2,1-3H3,(H,34,40)(H,38,39)/t20?,21?,22?,23-,24?,25?,26?,27?/m1/s1. The molecule has 2 amide bonds. The van der Waals surface area contributed by atoms with Crippen molar-refractivity contribution in [3.05, 3.63) is 79.8 Å². The number of aromatic amines is 1. The number of H-pyrrole nitrogens is 1. The van der Waals surface area contributed by atoms with E-state index >= 15 is 0 Å². The van der Waals surface area contributed by atoms with E-state index in [4.69, 9.17) is 4.74 Å². The number of ether oxygens (including phenoxy) is 1. The molecule has 3 aromatic rings. The molecule has 2 saturated carbocycles. The number of likely N-dealkylation sites (tertiary alicyclic amines) is 1. The van der Waals surface area contributed by atoms with E-state index in [0.717, 1.165) is 38.1 Å². The maximum atomic E-state index is 13.9. The minimum absolute atomic E-state index is 0.0259. The number of hydrogen-bond acceptors (Lipinski definition) is 7. The first-order valence-corrected chi connectivity index (χ1v) is 16.6. The number of aryl methyl sites for hydroxylation is 1. The number of nitrogens with one attached hydrogen (secondary N) is 1. The molecule has 0 radical (unpaired) electrons. The average molecular weight is 619 g/mol. The number of thioether (sulfide) groups is 1. The van der Waals surface area contributed by atoms with Gasteiger partial charge in [-0.1, -0.05) is 67.1 Å². The Labute approximate surface area is 257 Å². The minimum Gasteiger partial charge on any atom is -0.489 e. The molecule has 1 aromatic heterocycles. The third-order valence-electron chi connectivity index (χ3n) is 9.78. The van der Waals surface area contributed by atoms with E-state index in [2.05, 4.69) is 36.2 Å². The Morgan fingerprint density at radius 3 is 2.47 bits per heavy atom. The number of fused-ring (bicyclic) bond motifs is 9. The van der Waals surface area contributed by atoms with Crippen LogP contribution in [0.15, 0.2) is 58.4 Å². The second-order valence-electron chi connectivity index (χ2n) is 12.8. The average Bonchev–Trinajstić information content (AvgIpc) is 3.70. The van der Waals surface area contributed by atoms with Crippen molar-refractivity contribution < 1.29 is 24.2 Å². The normalized spacial score (nSPS) is 29.5. The van der Waals surface area contributed by atoms with Crippen LogP contribution >= 0.6 is 23.1 Å². The van der Waals surface area contributed by atoms with Crippen LogP contribution in [0.3, 0.4) is 0 Å². The number of amides is 2. The van der Waals surface area contributed by atoms with Gasteiger partial charge in [-0.3, -0.25) is 19.3 Å². The number of rotatable bonds is 8. The summed E-state index contributed by atoms with van der Waals surface area (Å²) in [5.41, 5.74) is 3.33. The molecule has 224 valence electrons. The van der Waals surface area contributed by atoms with Crippen LogP contribution in [0.1, 0.15) is 54.2 Å². The molecule has 43 heavy (non-hydrogen) atoms. The summed E-state index contributed by atoms with van der Waals surface area (Å²) in [6, 6.07) is 15.1. The first kappa shape index (κ1) is 28.4. The lowest BCUT2D eigenvalue weighted by Gasteiger charge is -2.43. The maximum absolute atomic E-state index is 13.9. The van der Waals surface area contributed by atoms with Crippen LogP contribution in [-0.2, 0) is 21.0 Å². The van der Waals surface area contributed by atoms with E-state index in [1.165, 1.54) is 16.9 Å². The smallest absolute Gasteiger partial charge is 0.326 e. The second kappa shape index (κ2) is 10.7. The van der Waals surface area contributed by atoms with Crippen LogP contribution < -0.4 is 9.61 Å². The Bertz CT molecular complexity index is 1660. The van der Waals surface area contributed by atoms with Gasteiger partial charge in [-0.2, -0.15) is 0 Å². The van der Waals surface area contributed by atoms with E-state index < -0.39 is 23.8 Å². The first-order chi connectivity index (χ1) is 20.6. The van der Waals surface area contributed by atoms with Gasteiger partial charge in [0.1, 0.15) is 18.4 Å². The molecule has 10 heteroatoms. The summed E-state index contributed by atoms with van der Waals surface area (Å²) in [6.07, 6.45) is 1.00. The Kier molecular flexibility index (Phi) is 7.04.